The predicted octanol–water partition coefficient (Wildman–Crippen LogP) is 1.61. The van der Waals surface area contributed by atoms with E-state index in [-0.39, 0.29) is 5.92 Å². The third kappa shape index (κ3) is 2.07. The van der Waals surface area contributed by atoms with Crippen LogP contribution in [0.5, 0.6) is 0 Å². The molecule has 1 unspecified atom stereocenters. The summed E-state index contributed by atoms with van der Waals surface area (Å²) in [4.78, 5) is 18.9. The second-order valence-corrected chi connectivity index (χ2v) is 3.62. The molecule has 1 heterocycles. The highest BCUT2D eigenvalue weighted by molar-refractivity contribution is 5.76. The molecule has 0 aliphatic carbocycles. The van der Waals surface area contributed by atoms with Gasteiger partial charge < -0.3 is 5.11 Å². The largest absolute Gasteiger partial charge is 0.481 e. The zero-order valence-corrected chi connectivity index (χ0v) is 8.56. The Hall–Kier alpha value is -1.45. The van der Waals surface area contributed by atoms with Crippen LogP contribution in [0, 0.1) is 12.8 Å². The van der Waals surface area contributed by atoms with Crippen molar-refractivity contribution in [2.45, 2.75) is 26.7 Å². The van der Waals surface area contributed by atoms with Crippen LogP contribution in [0.2, 0.25) is 0 Å². The molecule has 0 aliphatic rings. The summed E-state index contributed by atoms with van der Waals surface area (Å²) in [5.74, 6) is -1.30. The molecule has 0 aromatic carbocycles. The van der Waals surface area contributed by atoms with Crippen LogP contribution in [0.15, 0.2) is 12.5 Å². The number of aliphatic carboxylic acids is 1. The molecule has 76 valence electrons. The molecular formula is C10H14N2O2. The summed E-state index contributed by atoms with van der Waals surface area (Å²) >= 11 is 0. The van der Waals surface area contributed by atoms with E-state index in [1.807, 2.05) is 13.8 Å². The highest BCUT2D eigenvalue weighted by Crippen LogP contribution is 2.25. The lowest BCUT2D eigenvalue weighted by molar-refractivity contribution is -0.139. The Morgan fingerprint density at radius 2 is 2.14 bits per heavy atom. The van der Waals surface area contributed by atoms with Gasteiger partial charge in [-0.15, -0.1) is 0 Å². The Morgan fingerprint density at radius 1 is 1.50 bits per heavy atom. The molecule has 1 N–H and O–H groups in total. The molecular weight excluding hydrogens is 180 g/mol. The molecule has 0 bridgehead atoms. The van der Waals surface area contributed by atoms with Gasteiger partial charge >= 0.3 is 5.97 Å². The third-order valence-corrected chi connectivity index (χ3v) is 2.22. The van der Waals surface area contributed by atoms with Crippen LogP contribution in [-0.4, -0.2) is 21.0 Å². The van der Waals surface area contributed by atoms with E-state index in [0.29, 0.717) is 5.56 Å². The van der Waals surface area contributed by atoms with Gasteiger partial charge in [0.05, 0.1) is 5.92 Å². The smallest absolute Gasteiger partial charge is 0.311 e. The van der Waals surface area contributed by atoms with E-state index in [4.69, 9.17) is 5.11 Å². The van der Waals surface area contributed by atoms with E-state index in [2.05, 4.69) is 9.97 Å². The molecule has 1 rings (SSSR count). The van der Waals surface area contributed by atoms with E-state index in [1.54, 1.807) is 13.1 Å². The minimum absolute atomic E-state index is 0.0391. The van der Waals surface area contributed by atoms with Gasteiger partial charge in [-0.2, -0.15) is 0 Å². The average molecular weight is 194 g/mol. The lowest BCUT2D eigenvalue weighted by atomic mass is 9.89. The van der Waals surface area contributed by atoms with Gasteiger partial charge in [-0.1, -0.05) is 13.8 Å². The minimum atomic E-state index is -0.821. The molecule has 0 saturated heterocycles. The molecule has 14 heavy (non-hydrogen) atoms. The number of hydrogen-bond acceptors (Lipinski definition) is 3. The molecule has 1 atom stereocenters. The van der Waals surface area contributed by atoms with Crippen molar-refractivity contribution in [2.24, 2.45) is 5.92 Å². The number of nitrogens with zero attached hydrogens (tertiary/aromatic N) is 2. The van der Waals surface area contributed by atoms with Crippen molar-refractivity contribution < 1.29 is 9.90 Å². The molecule has 0 saturated carbocycles. The second-order valence-electron chi connectivity index (χ2n) is 3.62. The standard InChI is InChI=1S/C10H14N2O2/c1-6(2)9(10(13)14)8-4-11-5-12-7(8)3/h4-6,9H,1-3H3,(H,13,14). The van der Waals surface area contributed by atoms with Crippen molar-refractivity contribution in [1.82, 2.24) is 9.97 Å². The number of carboxylic acids is 1. The summed E-state index contributed by atoms with van der Waals surface area (Å²) < 4.78 is 0. The Morgan fingerprint density at radius 3 is 2.57 bits per heavy atom. The Labute approximate surface area is 83.0 Å². The van der Waals surface area contributed by atoms with Gasteiger partial charge in [0.2, 0.25) is 0 Å². The van der Waals surface area contributed by atoms with Gasteiger partial charge in [-0.3, -0.25) is 4.79 Å². The molecule has 1 aromatic rings. The molecule has 4 heteroatoms. The van der Waals surface area contributed by atoms with Crippen LogP contribution in [0.1, 0.15) is 31.0 Å². The molecule has 0 amide bonds. The number of hydrogen-bond donors (Lipinski definition) is 1. The number of carbonyl (C=O) groups is 1. The Balaban J connectivity index is 3.12. The summed E-state index contributed by atoms with van der Waals surface area (Å²) in [6, 6.07) is 0. The highest BCUT2D eigenvalue weighted by atomic mass is 16.4. The molecule has 0 radical (unpaired) electrons. The van der Waals surface area contributed by atoms with Crippen LogP contribution >= 0.6 is 0 Å². The van der Waals surface area contributed by atoms with E-state index in [1.165, 1.54) is 6.33 Å². The Kier molecular flexibility index (Phi) is 3.17. The zero-order valence-electron chi connectivity index (χ0n) is 8.56. The van der Waals surface area contributed by atoms with E-state index in [0.717, 1.165) is 5.69 Å². The number of aromatic nitrogens is 2. The van der Waals surface area contributed by atoms with E-state index >= 15 is 0 Å². The minimum Gasteiger partial charge on any atom is -0.481 e. The quantitative estimate of drug-likeness (QED) is 0.794. The molecule has 0 fully saturated rings. The summed E-state index contributed by atoms with van der Waals surface area (Å²) in [7, 11) is 0. The van der Waals surface area contributed by atoms with E-state index < -0.39 is 11.9 Å². The molecule has 0 aliphatic heterocycles. The first-order chi connectivity index (χ1) is 6.54. The summed E-state index contributed by atoms with van der Waals surface area (Å²) in [5, 5.41) is 9.07. The van der Waals surface area contributed by atoms with Crippen molar-refractivity contribution in [1.29, 1.82) is 0 Å². The lowest BCUT2D eigenvalue weighted by Gasteiger charge is -2.17. The first kappa shape index (κ1) is 10.6. The van der Waals surface area contributed by atoms with Crippen molar-refractivity contribution in [3.63, 3.8) is 0 Å². The monoisotopic (exact) mass is 194 g/mol. The predicted molar refractivity (Wildman–Crippen MR) is 52.0 cm³/mol. The van der Waals surface area contributed by atoms with E-state index in [9.17, 15) is 4.79 Å². The van der Waals surface area contributed by atoms with Crippen LogP contribution < -0.4 is 0 Å². The van der Waals surface area contributed by atoms with Crippen molar-refractivity contribution >= 4 is 5.97 Å². The fourth-order valence-electron chi connectivity index (χ4n) is 1.48. The van der Waals surface area contributed by atoms with Gasteiger partial charge in [0.1, 0.15) is 6.33 Å². The number of rotatable bonds is 3. The van der Waals surface area contributed by atoms with Gasteiger partial charge in [-0.25, -0.2) is 9.97 Å². The molecule has 0 spiro atoms. The van der Waals surface area contributed by atoms with Crippen molar-refractivity contribution in [3.05, 3.63) is 23.8 Å². The highest BCUT2D eigenvalue weighted by Gasteiger charge is 2.25. The van der Waals surface area contributed by atoms with Gasteiger partial charge in [0, 0.05) is 17.5 Å². The summed E-state index contributed by atoms with van der Waals surface area (Å²) in [5.41, 5.74) is 1.44. The van der Waals surface area contributed by atoms with Crippen molar-refractivity contribution in [3.8, 4) is 0 Å². The molecule has 1 aromatic heterocycles. The number of carboxylic acid groups (broad SMARTS) is 1. The lowest BCUT2D eigenvalue weighted by Crippen LogP contribution is -2.19. The first-order valence-electron chi connectivity index (χ1n) is 4.53. The Bertz CT molecular complexity index is 337. The van der Waals surface area contributed by atoms with Gasteiger partial charge in [0.15, 0.2) is 0 Å². The SMILES string of the molecule is Cc1ncncc1C(C(=O)O)C(C)C. The van der Waals surface area contributed by atoms with Crippen LogP contribution in [0.25, 0.3) is 0 Å². The van der Waals surface area contributed by atoms with Crippen LogP contribution in [0.3, 0.4) is 0 Å². The van der Waals surface area contributed by atoms with Crippen LogP contribution in [-0.2, 0) is 4.79 Å². The van der Waals surface area contributed by atoms with Crippen LogP contribution in [0.4, 0.5) is 0 Å². The third-order valence-electron chi connectivity index (χ3n) is 2.22. The summed E-state index contributed by atoms with van der Waals surface area (Å²) in [6.07, 6.45) is 3.01. The zero-order chi connectivity index (χ0) is 10.7. The fourth-order valence-corrected chi connectivity index (χ4v) is 1.48. The fraction of sp³-hybridized carbons (Fsp3) is 0.500. The summed E-state index contributed by atoms with van der Waals surface area (Å²) in [6.45, 7) is 5.56. The maximum atomic E-state index is 11.0. The maximum absolute atomic E-state index is 11.0. The average Bonchev–Trinajstić information content (AvgIpc) is 2.07. The van der Waals surface area contributed by atoms with Gasteiger partial charge in [-0.05, 0) is 12.8 Å². The normalized spacial score (nSPS) is 12.9. The topological polar surface area (TPSA) is 63.1 Å². The second kappa shape index (κ2) is 4.17. The first-order valence-corrected chi connectivity index (χ1v) is 4.53. The van der Waals surface area contributed by atoms with Crippen molar-refractivity contribution in [2.75, 3.05) is 0 Å². The molecule has 4 nitrogen and oxygen atoms in total. The maximum Gasteiger partial charge on any atom is 0.311 e. The number of aryl methyl sites for hydroxylation is 1. The van der Waals surface area contributed by atoms with Gasteiger partial charge in [0.25, 0.3) is 0 Å².